The smallest absolute Gasteiger partial charge is 0.437 e. The molecule has 206 valence electrons. The van der Waals surface area contributed by atoms with E-state index in [-0.39, 0.29) is 11.5 Å². The lowest BCUT2D eigenvalue weighted by molar-refractivity contribution is 0.123. The van der Waals surface area contributed by atoms with Gasteiger partial charge in [0.25, 0.3) is 0 Å². The summed E-state index contributed by atoms with van der Waals surface area (Å²) in [6, 6.07) is 14.0. The molecule has 0 spiro atoms. The van der Waals surface area contributed by atoms with Gasteiger partial charge < -0.3 is 19.8 Å². The molecule has 0 aliphatic carbocycles. The quantitative estimate of drug-likeness (QED) is 0.251. The first-order chi connectivity index (χ1) is 19.7. The van der Waals surface area contributed by atoms with Crippen molar-refractivity contribution in [1.82, 2.24) is 34.3 Å². The van der Waals surface area contributed by atoms with Gasteiger partial charge >= 0.3 is 6.16 Å². The van der Waals surface area contributed by atoms with Gasteiger partial charge in [0.05, 0.1) is 23.8 Å². The van der Waals surface area contributed by atoms with Crippen LogP contribution in [0.5, 0.6) is 5.06 Å². The van der Waals surface area contributed by atoms with E-state index in [1.165, 1.54) is 24.8 Å². The number of fused-ring (bicyclic) bond motifs is 1. The number of thiophene rings is 1. The third-order valence-corrected chi connectivity index (χ3v) is 7.30. The van der Waals surface area contributed by atoms with Gasteiger partial charge in [-0.05, 0) is 61.7 Å². The standard InChI is InChI=1S/C29H26N8O3S/c1-29(2,3)37-24-8-6-18(20-12-32-27(30)33-13-20)10-22(24)35-26(37)21-9-17(5-7-23(21)36-16-31-15-34-36)19-11-25(41-14-19)40-28(38)39-4/h5-16H,1-4H3,(H2,30,32,33). The van der Waals surface area contributed by atoms with Crippen LogP contribution in [0.2, 0.25) is 0 Å². The SMILES string of the molecule is COC(=O)Oc1cc(-c2ccc(-n3cncn3)c(-c3nc4cc(-c5cnc(N)nc5)ccc4n3C(C)(C)C)c2)cs1. The maximum atomic E-state index is 11.6. The molecule has 2 aromatic carbocycles. The number of hydrogen-bond acceptors (Lipinski definition) is 10. The molecule has 6 rings (SSSR count). The number of methoxy groups -OCH3 is 1. The molecular formula is C29H26N8O3S. The first kappa shape index (κ1) is 26.1. The van der Waals surface area contributed by atoms with Crippen molar-refractivity contribution in [2.24, 2.45) is 0 Å². The van der Waals surface area contributed by atoms with Crippen LogP contribution < -0.4 is 10.5 Å². The summed E-state index contributed by atoms with van der Waals surface area (Å²) in [4.78, 5) is 29.2. The summed E-state index contributed by atoms with van der Waals surface area (Å²) >= 11 is 1.31. The lowest BCUT2D eigenvalue weighted by Gasteiger charge is -2.25. The van der Waals surface area contributed by atoms with Crippen molar-refractivity contribution >= 4 is 34.5 Å². The van der Waals surface area contributed by atoms with Gasteiger partial charge in [-0.1, -0.05) is 12.1 Å². The van der Waals surface area contributed by atoms with Crippen molar-refractivity contribution < 1.29 is 14.3 Å². The lowest BCUT2D eigenvalue weighted by atomic mass is 10.0. The summed E-state index contributed by atoms with van der Waals surface area (Å²) in [6.07, 6.45) is 5.81. The third-order valence-electron chi connectivity index (χ3n) is 6.49. The van der Waals surface area contributed by atoms with Crippen LogP contribution >= 0.6 is 11.3 Å². The van der Waals surface area contributed by atoms with Gasteiger partial charge in [0.1, 0.15) is 18.5 Å². The van der Waals surface area contributed by atoms with Crippen molar-refractivity contribution in [2.75, 3.05) is 12.8 Å². The summed E-state index contributed by atoms with van der Waals surface area (Å²) in [7, 11) is 1.28. The number of rotatable bonds is 5. The van der Waals surface area contributed by atoms with Crippen LogP contribution in [0.4, 0.5) is 10.7 Å². The zero-order valence-corrected chi connectivity index (χ0v) is 23.6. The Labute approximate surface area is 239 Å². The number of carbonyl (C=O) groups excluding carboxylic acids is 1. The minimum atomic E-state index is -0.760. The van der Waals surface area contributed by atoms with Gasteiger partial charge in [0, 0.05) is 40.5 Å². The van der Waals surface area contributed by atoms with Gasteiger partial charge in [-0.15, -0.1) is 11.3 Å². The van der Waals surface area contributed by atoms with E-state index < -0.39 is 6.16 Å². The number of aromatic nitrogens is 7. The summed E-state index contributed by atoms with van der Waals surface area (Å²) in [5.41, 5.74) is 12.5. The molecule has 6 aromatic rings. The molecular weight excluding hydrogens is 540 g/mol. The second kappa shape index (κ2) is 10.1. The zero-order chi connectivity index (χ0) is 28.7. The number of nitrogens with two attached hydrogens (primary N) is 1. The zero-order valence-electron chi connectivity index (χ0n) is 22.8. The summed E-state index contributed by atoms with van der Waals surface area (Å²) < 4.78 is 13.8. The van der Waals surface area contributed by atoms with Crippen molar-refractivity contribution in [3.05, 3.63) is 72.9 Å². The fourth-order valence-electron chi connectivity index (χ4n) is 4.68. The van der Waals surface area contributed by atoms with Crippen LogP contribution in [0.3, 0.4) is 0 Å². The average Bonchev–Trinajstić information content (AvgIpc) is 3.72. The van der Waals surface area contributed by atoms with Crippen molar-refractivity contribution in [1.29, 1.82) is 0 Å². The highest BCUT2D eigenvalue weighted by atomic mass is 32.1. The largest absolute Gasteiger partial charge is 0.514 e. The molecule has 11 nitrogen and oxygen atoms in total. The number of benzene rings is 2. The summed E-state index contributed by atoms with van der Waals surface area (Å²) in [6.45, 7) is 6.44. The van der Waals surface area contributed by atoms with E-state index in [0.717, 1.165) is 50.4 Å². The van der Waals surface area contributed by atoms with Crippen LogP contribution in [-0.4, -0.2) is 47.5 Å². The first-order valence-corrected chi connectivity index (χ1v) is 13.5. The highest BCUT2D eigenvalue weighted by molar-refractivity contribution is 7.12. The van der Waals surface area contributed by atoms with E-state index in [9.17, 15) is 4.79 Å². The van der Waals surface area contributed by atoms with Crippen LogP contribution in [0.25, 0.3) is 50.4 Å². The molecule has 0 saturated heterocycles. The minimum absolute atomic E-state index is 0.226. The molecule has 0 radical (unpaired) electrons. The Morgan fingerprint density at radius 1 is 0.976 bits per heavy atom. The Kier molecular flexibility index (Phi) is 6.46. The van der Waals surface area contributed by atoms with Crippen molar-refractivity contribution in [3.8, 4) is 44.4 Å². The van der Waals surface area contributed by atoms with Crippen molar-refractivity contribution in [3.63, 3.8) is 0 Å². The number of nitrogens with zero attached hydrogens (tertiary/aromatic N) is 7. The van der Waals surface area contributed by atoms with Crippen LogP contribution in [0.15, 0.2) is 72.9 Å². The molecule has 0 aliphatic rings. The van der Waals surface area contributed by atoms with Gasteiger partial charge in [-0.3, -0.25) is 0 Å². The van der Waals surface area contributed by atoms with Gasteiger partial charge in [0.15, 0.2) is 5.06 Å². The monoisotopic (exact) mass is 566 g/mol. The maximum absolute atomic E-state index is 11.6. The Morgan fingerprint density at radius 3 is 2.44 bits per heavy atom. The first-order valence-electron chi connectivity index (χ1n) is 12.7. The molecule has 4 aromatic heterocycles. The van der Waals surface area contributed by atoms with E-state index in [1.54, 1.807) is 23.4 Å². The lowest BCUT2D eigenvalue weighted by Crippen LogP contribution is -2.23. The van der Waals surface area contributed by atoms with E-state index in [4.69, 9.17) is 15.5 Å². The molecule has 41 heavy (non-hydrogen) atoms. The van der Waals surface area contributed by atoms with E-state index >= 15 is 0 Å². The second-order valence-electron chi connectivity index (χ2n) is 10.3. The normalized spacial score (nSPS) is 11.6. The van der Waals surface area contributed by atoms with E-state index in [0.29, 0.717) is 5.06 Å². The molecule has 2 N–H and O–H groups in total. The Bertz CT molecular complexity index is 1870. The maximum Gasteiger partial charge on any atom is 0.514 e. The molecule has 0 atom stereocenters. The Morgan fingerprint density at radius 2 is 1.73 bits per heavy atom. The van der Waals surface area contributed by atoms with E-state index in [2.05, 4.69) is 62.3 Å². The summed E-state index contributed by atoms with van der Waals surface area (Å²) in [5, 5.41) is 6.77. The number of nitrogen functional groups attached to an aromatic ring is 1. The molecule has 12 heteroatoms. The number of imidazole rings is 1. The highest BCUT2D eigenvalue weighted by Crippen LogP contribution is 2.39. The number of hydrogen-bond donors (Lipinski definition) is 1. The molecule has 4 heterocycles. The predicted octanol–water partition coefficient (Wildman–Crippen LogP) is 5.95. The molecule has 0 unspecified atom stereocenters. The molecule has 0 aliphatic heterocycles. The van der Waals surface area contributed by atoms with Crippen LogP contribution in [-0.2, 0) is 10.3 Å². The van der Waals surface area contributed by atoms with Gasteiger partial charge in [0.2, 0.25) is 5.95 Å². The fourth-order valence-corrected chi connectivity index (χ4v) is 5.44. The number of carbonyl (C=O) groups is 1. The number of ether oxygens (including phenoxy) is 2. The van der Waals surface area contributed by atoms with Crippen LogP contribution in [0, 0.1) is 0 Å². The minimum Gasteiger partial charge on any atom is -0.437 e. The second-order valence-corrected chi connectivity index (χ2v) is 11.1. The van der Waals surface area contributed by atoms with Gasteiger partial charge in [-0.2, -0.15) is 5.10 Å². The van der Waals surface area contributed by atoms with Crippen molar-refractivity contribution in [2.45, 2.75) is 26.3 Å². The molecule has 0 fully saturated rings. The average molecular weight is 567 g/mol. The molecule has 0 saturated carbocycles. The Balaban J connectivity index is 1.54. The summed E-state index contributed by atoms with van der Waals surface area (Å²) in [5.74, 6) is 0.996. The molecule has 0 amide bonds. The third kappa shape index (κ3) is 5.00. The Hall–Kier alpha value is -5.10. The highest BCUT2D eigenvalue weighted by Gasteiger charge is 2.25. The molecule has 0 bridgehead atoms. The fraction of sp³-hybridized carbons (Fsp3) is 0.172. The van der Waals surface area contributed by atoms with E-state index in [1.807, 2.05) is 35.7 Å². The van der Waals surface area contributed by atoms with Gasteiger partial charge in [-0.25, -0.2) is 29.4 Å². The topological polar surface area (TPSA) is 136 Å². The van der Waals surface area contributed by atoms with Crippen LogP contribution in [0.1, 0.15) is 20.8 Å². The predicted molar refractivity (Wildman–Crippen MR) is 157 cm³/mol. The number of anilines is 1.